The minimum Gasteiger partial charge on any atom is -0.477 e. The molecule has 0 amide bonds. The van der Waals surface area contributed by atoms with E-state index in [0.29, 0.717) is 11.7 Å². The van der Waals surface area contributed by atoms with Gasteiger partial charge in [0.1, 0.15) is 0 Å². The molecule has 0 atom stereocenters. The molecule has 1 fully saturated rings. The Hall–Kier alpha value is -2.31. The Balaban J connectivity index is 1.98. The molecule has 0 aromatic carbocycles. The van der Waals surface area contributed by atoms with E-state index in [1.54, 1.807) is 6.07 Å². The molecule has 3 rings (SSSR count). The van der Waals surface area contributed by atoms with Crippen molar-refractivity contribution in [3.8, 4) is 0 Å². The van der Waals surface area contributed by atoms with Gasteiger partial charge in [-0.25, -0.2) is 9.31 Å². The molecular formula is C13H17N5O2. The predicted molar refractivity (Wildman–Crippen MR) is 74.9 cm³/mol. The van der Waals surface area contributed by atoms with Gasteiger partial charge in [-0.3, -0.25) is 0 Å². The van der Waals surface area contributed by atoms with E-state index in [0.717, 1.165) is 18.5 Å². The minimum absolute atomic E-state index is 0.0541. The van der Waals surface area contributed by atoms with Crippen LogP contribution in [-0.2, 0) is 0 Å². The van der Waals surface area contributed by atoms with Gasteiger partial charge in [0.25, 0.3) is 0 Å². The molecule has 2 aromatic rings. The van der Waals surface area contributed by atoms with E-state index in [-0.39, 0.29) is 11.6 Å². The average Bonchev–Trinajstić information content (AvgIpc) is 2.81. The molecule has 0 unspecified atom stereocenters. The summed E-state index contributed by atoms with van der Waals surface area (Å²) in [7, 11) is 0. The summed E-state index contributed by atoms with van der Waals surface area (Å²) < 4.78 is 1.28. The van der Waals surface area contributed by atoms with E-state index in [9.17, 15) is 4.79 Å². The number of hydrogen-bond acceptors (Lipinski definition) is 5. The molecule has 7 heteroatoms. The van der Waals surface area contributed by atoms with Crippen LogP contribution >= 0.6 is 0 Å². The number of aromatic nitrogens is 3. The molecule has 1 saturated carbocycles. The van der Waals surface area contributed by atoms with Crippen molar-refractivity contribution >= 4 is 23.3 Å². The van der Waals surface area contributed by atoms with Crippen LogP contribution in [-0.4, -0.2) is 31.7 Å². The van der Waals surface area contributed by atoms with E-state index in [2.05, 4.69) is 15.4 Å². The maximum absolute atomic E-state index is 11.2. The zero-order valence-corrected chi connectivity index (χ0v) is 11.0. The average molecular weight is 275 g/mol. The van der Waals surface area contributed by atoms with Crippen LogP contribution in [0.1, 0.15) is 42.6 Å². The van der Waals surface area contributed by atoms with Gasteiger partial charge in [0, 0.05) is 6.04 Å². The molecular weight excluding hydrogens is 258 g/mol. The molecule has 7 nitrogen and oxygen atoms in total. The maximum atomic E-state index is 11.2. The Morgan fingerprint density at radius 3 is 2.80 bits per heavy atom. The Labute approximate surface area is 115 Å². The summed E-state index contributed by atoms with van der Waals surface area (Å²) >= 11 is 0. The van der Waals surface area contributed by atoms with E-state index < -0.39 is 5.97 Å². The summed E-state index contributed by atoms with van der Waals surface area (Å²) in [4.78, 5) is 15.3. The topological polar surface area (TPSA) is 106 Å². The zero-order chi connectivity index (χ0) is 14.1. The number of aromatic carboxylic acids is 1. The van der Waals surface area contributed by atoms with Crippen molar-refractivity contribution < 1.29 is 9.90 Å². The first-order valence-electron chi connectivity index (χ1n) is 6.80. The van der Waals surface area contributed by atoms with E-state index in [4.69, 9.17) is 10.8 Å². The first kappa shape index (κ1) is 12.7. The molecule has 4 N–H and O–H groups in total. The third kappa shape index (κ3) is 2.26. The molecule has 0 radical (unpaired) electrons. The minimum atomic E-state index is -1.05. The summed E-state index contributed by atoms with van der Waals surface area (Å²) in [6, 6.07) is 3.66. The Kier molecular flexibility index (Phi) is 3.17. The standard InChI is InChI=1S/C13H17N5O2/c14-13-16-11-9(15-8-4-2-1-3-5-8)6-7-10(12(19)20)18(11)17-13/h6-8,15H,1-5H2,(H2,14,17)(H,19,20). The number of nitrogen functional groups attached to an aromatic ring is 1. The second-order valence-corrected chi connectivity index (χ2v) is 5.12. The summed E-state index contributed by atoms with van der Waals surface area (Å²) in [6.45, 7) is 0. The molecule has 1 aliphatic rings. The number of pyridine rings is 1. The van der Waals surface area contributed by atoms with Crippen LogP contribution in [0.5, 0.6) is 0 Å². The first-order chi connectivity index (χ1) is 9.65. The molecule has 0 aliphatic heterocycles. The van der Waals surface area contributed by atoms with E-state index in [1.165, 1.54) is 29.8 Å². The van der Waals surface area contributed by atoms with Crippen LogP contribution in [0, 0.1) is 0 Å². The van der Waals surface area contributed by atoms with Crippen molar-refractivity contribution in [2.45, 2.75) is 38.1 Å². The molecule has 0 spiro atoms. The number of fused-ring (bicyclic) bond motifs is 1. The predicted octanol–water partition coefficient (Wildman–Crippen LogP) is 1.75. The van der Waals surface area contributed by atoms with Gasteiger partial charge in [-0.15, -0.1) is 5.10 Å². The van der Waals surface area contributed by atoms with Gasteiger partial charge >= 0.3 is 5.97 Å². The van der Waals surface area contributed by atoms with Gasteiger partial charge in [-0.2, -0.15) is 4.98 Å². The van der Waals surface area contributed by atoms with Crippen LogP contribution in [0.3, 0.4) is 0 Å². The number of nitrogens with one attached hydrogen (secondary N) is 1. The molecule has 0 bridgehead atoms. The molecule has 2 aromatic heterocycles. The van der Waals surface area contributed by atoms with Gasteiger partial charge < -0.3 is 16.2 Å². The molecule has 1 aliphatic carbocycles. The van der Waals surface area contributed by atoms with E-state index in [1.807, 2.05) is 0 Å². The van der Waals surface area contributed by atoms with Crippen molar-refractivity contribution in [3.63, 3.8) is 0 Å². The number of nitrogens with zero attached hydrogens (tertiary/aromatic N) is 3. The number of carbonyl (C=O) groups is 1. The fourth-order valence-electron chi connectivity index (χ4n) is 2.72. The molecule has 106 valence electrons. The molecule has 2 heterocycles. The van der Waals surface area contributed by atoms with Gasteiger partial charge in [-0.05, 0) is 25.0 Å². The fraction of sp³-hybridized carbons (Fsp3) is 0.462. The van der Waals surface area contributed by atoms with Crippen molar-refractivity contribution in [3.05, 3.63) is 17.8 Å². The van der Waals surface area contributed by atoms with Gasteiger partial charge in [0.05, 0.1) is 5.69 Å². The van der Waals surface area contributed by atoms with Crippen molar-refractivity contribution in [2.24, 2.45) is 0 Å². The Bertz CT molecular complexity index is 645. The second-order valence-electron chi connectivity index (χ2n) is 5.12. The Morgan fingerprint density at radius 1 is 1.35 bits per heavy atom. The highest BCUT2D eigenvalue weighted by atomic mass is 16.4. The van der Waals surface area contributed by atoms with Gasteiger partial charge in [0.2, 0.25) is 5.95 Å². The number of anilines is 2. The molecule has 20 heavy (non-hydrogen) atoms. The van der Waals surface area contributed by atoms with Crippen LogP contribution in [0.2, 0.25) is 0 Å². The van der Waals surface area contributed by atoms with Crippen molar-refractivity contribution in [1.82, 2.24) is 14.6 Å². The highest BCUT2D eigenvalue weighted by Crippen LogP contribution is 2.24. The maximum Gasteiger partial charge on any atom is 0.354 e. The highest BCUT2D eigenvalue weighted by Gasteiger charge is 2.18. The van der Waals surface area contributed by atoms with Gasteiger partial charge in [-0.1, -0.05) is 19.3 Å². The van der Waals surface area contributed by atoms with Crippen molar-refractivity contribution in [2.75, 3.05) is 11.1 Å². The number of nitrogens with two attached hydrogens (primary N) is 1. The number of rotatable bonds is 3. The monoisotopic (exact) mass is 275 g/mol. The van der Waals surface area contributed by atoms with Crippen LogP contribution in [0.25, 0.3) is 5.65 Å². The second kappa shape index (κ2) is 4.99. The Morgan fingerprint density at radius 2 is 2.10 bits per heavy atom. The lowest BCUT2D eigenvalue weighted by molar-refractivity contribution is 0.0687. The summed E-state index contributed by atoms with van der Waals surface area (Å²) in [5.74, 6) is -0.977. The van der Waals surface area contributed by atoms with Crippen molar-refractivity contribution in [1.29, 1.82) is 0 Å². The highest BCUT2D eigenvalue weighted by molar-refractivity contribution is 5.88. The summed E-state index contributed by atoms with van der Waals surface area (Å²) in [5.41, 5.74) is 6.90. The van der Waals surface area contributed by atoms with Crippen LogP contribution in [0.15, 0.2) is 12.1 Å². The lowest BCUT2D eigenvalue weighted by Crippen LogP contribution is -2.23. The van der Waals surface area contributed by atoms with E-state index >= 15 is 0 Å². The summed E-state index contributed by atoms with van der Waals surface area (Å²) in [6.07, 6.45) is 5.96. The van der Waals surface area contributed by atoms with Crippen LogP contribution in [0.4, 0.5) is 11.6 Å². The smallest absolute Gasteiger partial charge is 0.354 e. The zero-order valence-electron chi connectivity index (χ0n) is 11.0. The number of hydrogen-bond donors (Lipinski definition) is 3. The lowest BCUT2D eigenvalue weighted by atomic mass is 9.95. The SMILES string of the molecule is Nc1nc2c(NC3CCCCC3)ccc(C(=O)O)n2n1. The number of carboxylic acids is 1. The fourth-order valence-corrected chi connectivity index (χ4v) is 2.72. The third-order valence-corrected chi connectivity index (χ3v) is 3.68. The molecule has 0 saturated heterocycles. The van der Waals surface area contributed by atoms with Crippen LogP contribution < -0.4 is 11.1 Å². The first-order valence-corrected chi connectivity index (χ1v) is 6.80. The summed E-state index contributed by atoms with van der Waals surface area (Å²) in [5, 5.41) is 16.5. The number of carboxylic acid groups (broad SMARTS) is 1. The third-order valence-electron chi connectivity index (χ3n) is 3.68. The van der Waals surface area contributed by atoms with Gasteiger partial charge in [0.15, 0.2) is 11.3 Å². The lowest BCUT2D eigenvalue weighted by Gasteiger charge is -2.23. The normalized spacial score (nSPS) is 16.4. The quantitative estimate of drug-likeness (QED) is 0.788. The largest absolute Gasteiger partial charge is 0.477 e.